The van der Waals surface area contributed by atoms with Crippen molar-refractivity contribution in [2.75, 3.05) is 19.7 Å². The van der Waals surface area contributed by atoms with Crippen molar-refractivity contribution >= 4 is 28.8 Å². The number of ether oxygens (including phenoxy) is 1. The lowest BCUT2D eigenvalue weighted by Crippen LogP contribution is -2.48. The Morgan fingerprint density at radius 1 is 1.17 bits per heavy atom. The molecule has 5 rings (SSSR count). The van der Waals surface area contributed by atoms with Crippen molar-refractivity contribution in [1.82, 2.24) is 14.8 Å². The van der Waals surface area contributed by atoms with Gasteiger partial charge in [-0.15, -0.1) is 0 Å². The van der Waals surface area contributed by atoms with Gasteiger partial charge in [0.25, 0.3) is 5.91 Å². The molecular formula is C26H25N3O6. The van der Waals surface area contributed by atoms with E-state index in [1.807, 2.05) is 12.1 Å². The fourth-order valence-corrected chi connectivity index (χ4v) is 4.86. The Balaban J connectivity index is 1.48. The number of rotatable bonds is 5. The van der Waals surface area contributed by atoms with Gasteiger partial charge < -0.3 is 24.1 Å². The second-order valence-electron chi connectivity index (χ2n) is 8.56. The molecule has 2 amide bonds. The summed E-state index contributed by atoms with van der Waals surface area (Å²) in [5.74, 6) is -1.70. The van der Waals surface area contributed by atoms with Crippen molar-refractivity contribution in [2.45, 2.75) is 31.8 Å². The van der Waals surface area contributed by atoms with E-state index in [0.717, 1.165) is 5.39 Å². The average Bonchev–Trinajstić information content (AvgIpc) is 3.43. The van der Waals surface area contributed by atoms with Crippen LogP contribution in [0.25, 0.3) is 11.0 Å². The Morgan fingerprint density at radius 2 is 1.94 bits per heavy atom. The van der Waals surface area contributed by atoms with Crippen molar-refractivity contribution in [2.24, 2.45) is 0 Å². The van der Waals surface area contributed by atoms with E-state index < -0.39 is 23.5 Å². The zero-order chi connectivity index (χ0) is 24.5. The van der Waals surface area contributed by atoms with Crippen LogP contribution in [-0.2, 0) is 9.53 Å². The number of pyridine rings is 1. The van der Waals surface area contributed by atoms with Gasteiger partial charge >= 0.3 is 6.09 Å². The Morgan fingerprint density at radius 3 is 2.63 bits per heavy atom. The first-order valence-corrected chi connectivity index (χ1v) is 11.6. The van der Waals surface area contributed by atoms with Gasteiger partial charge in [0, 0.05) is 36.9 Å². The Hall–Kier alpha value is -4.14. The van der Waals surface area contributed by atoms with Crippen LogP contribution < -0.4 is 0 Å². The quantitative estimate of drug-likeness (QED) is 0.554. The van der Waals surface area contributed by atoms with Crippen LogP contribution in [0.3, 0.4) is 0 Å². The van der Waals surface area contributed by atoms with E-state index >= 15 is 0 Å². The minimum Gasteiger partial charge on any atom is -0.503 e. The van der Waals surface area contributed by atoms with Crippen molar-refractivity contribution < 1.29 is 28.6 Å². The number of aliphatic hydroxyl groups excluding tert-OH is 1. The van der Waals surface area contributed by atoms with E-state index in [2.05, 4.69) is 4.98 Å². The molecular weight excluding hydrogens is 450 g/mol. The SMILES string of the molecule is CCOC(=O)N1CCC(N2C(=O)C(O)=C(C(=O)c3cc4ccccc4o3)C2c2cccnc2)CC1. The van der Waals surface area contributed by atoms with Crippen molar-refractivity contribution in [3.8, 4) is 0 Å². The summed E-state index contributed by atoms with van der Waals surface area (Å²) in [5, 5.41) is 11.7. The summed E-state index contributed by atoms with van der Waals surface area (Å²) in [4.78, 5) is 46.4. The highest BCUT2D eigenvalue weighted by atomic mass is 16.6. The Bertz CT molecular complexity index is 1270. The third-order valence-corrected chi connectivity index (χ3v) is 6.52. The number of aromatic nitrogens is 1. The maximum atomic E-state index is 13.6. The van der Waals surface area contributed by atoms with Gasteiger partial charge in [0.1, 0.15) is 5.58 Å². The molecule has 1 aromatic carbocycles. The Labute approximate surface area is 201 Å². The average molecular weight is 476 g/mol. The van der Waals surface area contributed by atoms with Gasteiger partial charge in [0.05, 0.1) is 18.2 Å². The predicted octanol–water partition coefficient (Wildman–Crippen LogP) is 4.03. The number of fused-ring (bicyclic) bond motifs is 1. The van der Waals surface area contributed by atoms with Gasteiger partial charge in [-0.1, -0.05) is 24.3 Å². The number of hydrogen-bond acceptors (Lipinski definition) is 7. The summed E-state index contributed by atoms with van der Waals surface area (Å²) in [5.41, 5.74) is 1.12. The number of amides is 2. The van der Waals surface area contributed by atoms with Gasteiger partial charge in [0.2, 0.25) is 5.78 Å². The van der Waals surface area contributed by atoms with Gasteiger partial charge in [-0.25, -0.2) is 4.79 Å². The number of piperidine rings is 1. The number of para-hydroxylation sites is 1. The molecule has 2 aliphatic rings. The normalized spacial score (nSPS) is 19.0. The van der Waals surface area contributed by atoms with Crippen LogP contribution in [0.5, 0.6) is 0 Å². The molecule has 1 atom stereocenters. The molecule has 1 fully saturated rings. The van der Waals surface area contributed by atoms with Crippen LogP contribution in [0.4, 0.5) is 4.79 Å². The number of Topliss-reactive ketones (excluding diaryl/α,β-unsaturated/α-hetero) is 1. The third kappa shape index (κ3) is 4.03. The summed E-state index contributed by atoms with van der Waals surface area (Å²) in [6.07, 6.45) is 3.78. The molecule has 180 valence electrons. The second kappa shape index (κ2) is 9.25. The predicted molar refractivity (Wildman–Crippen MR) is 126 cm³/mol. The molecule has 0 radical (unpaired) electrons. The fourth-order valence-electron chi connectivity index (χ4n) is 4.86. The van der Waals surface area contributed by atoms with E-state index in [0.29, 0.717) is 37.1 Å². The number of carbonyl (C=O) groups is 3. The first kappa shape index (κ1) is 22.6. The highest BCUT2D eigenvalue weighted by Gasteiger charge is 2.48. The van der Waals surface area contributed by atoms with E-state index in [1.165, 1.54) is 0 Å². The minimum atomic E-state index is -0.823. The summed E-state index contributed by atoms with van der Waals surface area (Å²) in [7, 11) is 0. The lowest BCUT2D eigenvalue weighted by atomic mass is 9.93. The number of hydrogen-bond donors (Lipinski definition) is 1. The monoisotopic (exact) mass is 475 g/mol. The molecule has 2 aliphatic heterocycles. The molecule has 1 unspecified atom stereocenters. The van der Waals surface area contributed by atoms with E-state index in [-0.39, 0.29) is 30.1 Å². The van der Waals surface area contributed by atoms with Crippen LogP contribution in [0.1, 0.15) is 41.9 Å². The summed E-state index contributed by atoms with van der Waals surface area (Å²) in [6, 6.07) is 11.2. The maximum Gasteiger partial charge on any atom is 0.409 e. The lowest BCUT2D eigenvalue weighted by Gasteiger charge is -2.39. The second-order valence-corrected chi connectivity index (χ2v) is 8.56. The molecule has 9 nitrogen and oxygen atoms in total. The molecule has 1 saturated heterocycles. The summed E-state index contributed by atoms with van der Waals surface area (Å²) < 4.78 is 10.8. The molecule has 0 aliphatic carbocycles. The fraction of sp³-hybridized carbons (Fsp3) is 0.308. The zero-order valence-corrected chi connectivity index (χ0v) is 19.2. The first-order valence-electron chi connectivity index (χ1n) is 11.6. The minimum absolute atomic E-state index is 0.0325. The number of aliphatic hydroxyl groups is 1. The van der Waals surface area contributed by atoms with Crippen molar-refractivity contribution in [3.63, 3.8) is 0 Å². The molecule has 3 aromatic rings. The first-order chi connectivity index (χ1) is 17.0. The summed E-state index contributed by atoms with van der Waals surface area (Å²) in [6.45, 7) is 2.85. The maximum absolute atomic E-state index is 13.6. The number of carbonyl (C=O) groups excluding carboxylic acids is 3. The van der Waals surface area contributed by atoms with Crippen molar-refractivity contribution in [3.05, 3.63) is 77.5 Å². The zero-order valence-electron chi connectivity index (χ0n) is 19.2. The van der Waals surface area contributed by atoms with Crippen LogP contribution in [0, 0.1) is 0 Å². The van der Waals surface area contributed by atoms with Gasteiger partial charge in [0.15, 0.2) is 11.5 Å². The van der Waals surface area contributed by atoms with Crippen LogP contribution in [0.15, 0.2) is 70.6 Å². The summed E-state index contributed by atoms with van der Waals surface area (Å²) >= 11 is 0. The smallest absolute Gasteiger partial charge is 0.409 e. The topological polar surface area (TPSA) is 113 Å². The van der Waals surface area contributed by atoms with E-state index in [1.54, 1.807) is 59.4 Å². The number of ketones is 1. The molecule has 0 saturated carbocycles. The molecule has 9 heteroatoms. The van der Waals surface area contributed by atoms with Gasteiger partial charge in [-0.2, -0.15) is 0 Å². The molecule has 35 heavy (non-hydrogen) atoms. The molecule has 0 bridgehead atoms. The third-order valence-electron chi connectivity index (χ3n) is 6.52. The Kier molecular flexibility index (Phi) is 5.98. The number of nitrogens with zero attached hydrogens (tertiary/aromatic N) is 3. The molecule has 2 aromatic heterocycles. The van der Waals surface area contributed by atoms with Crippen LogP contribution in [-0.4, -0.2) is 63.4 Å². The van der Waals surface area contributed by atoms with Crippen LogP contribution in [0.2, 0.25) is 0 Å². The molecule has 1 N–H and O–H groups in total. The van der Waals surface area contributed by atoms with E-state index in [4.69, 9.17) is 9.15 Å². The highest BCUT2D eigenvalue weighted by molar-refractivity contribution is 6.16. The highest BCUT2D eigenvalue weighted by Crippen LogP contribution is 2.42. The lowest BCUT2D eigenvalue weighted by molar-refractivity contribution is -0.132. The van der Waals surface area contributed by atoms with Crippen LogP contribution >= 0.6 is 0 Å². The van der Waals surface area contributed by atoms with Gasteiger partial charge in [-0.05, 0) is 43.5 Å². The standard InChI is InChI=1S/C26H25N3O6/c1-2-34-26(33)28-12-9-18(10-13-28)29-22(17-7-5-11-27-15-17)21(24(31)25(29)32)23(30)20-14-16-6-3-4-8-19(16)35-20/h3-8,11,14-15,18,22,31H,2,9-10,12-13H2,1H3. The van der Waals surface area contributed by atoms with Gasteiger partial charge in [-0.3, -0.25) is 14.6 Å². The number of likely N-dealkylation sites (tertiary alicyclic amines) is 1. The number of furan rings is 1. The largest absolute Gasteiger partial charge is 0.503 e. The van der Waals surface area contributed by atoms with E-state index in [9.17, 15) is 19.5 Å². The molecule has 4 heterocycles. The number of benzene rings is 1. The van der Waals surface area contributed by atoms with Crippen molar-refractivity contribution in [1.29, 1.82) is 0 Å². The molecule has 0 spiro atoms.